The highest BCUT2D eigenvalue weighted by molar-refractivity contribution is 9.11. The van der Waals surface area contributed by atoms with Gasteiger partial charge in [-0.05, 0) is 33.6 Å². The molecule has 0 spiro atoms. The van der Waals surface area contributed by atoms with Gasteiger partial charge in [0.1, 0.15) is 12.5 Å². The number of hydrogen-bond acceptors (Lipinski definition) is 2. The van der Waals surface area contributed by atoms with E-state index in [0.717, 1.165) is 27.8 Å². The van der Waals surface area contributed by atoms with Gasteiger partial charge in [-0.1, -0.05) is 46.3 Å². The van der Waals surface area contributed by atoms with Crippen molar-refractivity contribution in [3.8, 4) is 5.75 Å². The first kappa shape index (κ1) is 13.2. The third-order valence-electron chi connectivity index (χ3n) is 3.12. The zero-order chi connectivity index (χ0) is 13.2. The Kier molecular flexibility index (Phi) is 3.91. The monoisotopic (exact) mass is 381 g/mol. The second kappa shape index (κ2) is 5.65. The summed E-state index contributed by atoms with van der Waals surface area (Å²) < 4.78 is 7.94. The van der Waals surface area contributed by atoms with Crippen molar-refractivity contribution < 1.29 is 4.74 Å². The molecule has 1 aliphatic heterocycles. The van der Waals surface area contributed by atoms with E-state index in [-0.39, 0.29) is 0 Å². The van der Waals surface area contributed by atoms with Crippen LogP contribution in [0.5, 0.6) is 5.75 Å². The Balaban J connectivity index is 1.79. The van der Waals surface area contributed by atoms with Gasteiger partial charge in [0.2, 0.25) is 0 Å². The van der Waals surface area contributed by atoms with Gasteiger partial charge in [0.25, 0.3) is 0 Å². The van der Waals surface area contributed by atoms with Crippen LogP contribution in [0.2, 0.25) is 0 Å². The summed E-state index contributed by atoms with van der Waals surface area (Å²) in [6.45, 7) is 2.44. The lowest BCUT2D eigenvalue weighted by atomic mass is 10.1. The number of hydrogen-bond donors (Lipinski definition) is 0. The van der Waals surface area contributed by atoms with Crippen LogP contribution in [-0.4, -0.2) is 11.6 Å². The zero-order valence-corrected chi connectivity index (χ0v) is 13.4. The van der Waals surface area contributed by atoms with Crippen LogP contribution in [0.4, 0.5) is 0 Å². The molecule has 0 radical (unpaired) electrons. The highest BCUT2D eigenvalue weighted by Gasteiger charge is 2.20. The Morgan fingerprint density at radius 3 is 2.68 bits per heavy atom. The minimum absolute atomic E-state index is 0.627. The van der Waals surface area contributed by atoms with Gasteiger partial charge in [-0.3, -0.25) is 4.90 Å². The first-order valence-electron chi connectivity index (χ1n) is 6.09. The van der Waals surface area contributed by atoms with Gasteiger partial charge in [-0.15, -0.1) is 0 Å². The number of halogens is 2. The lowest BCUT2D eigenvalue weighted by molar-refractivity contribution is 0.0879. The Morgan fingerprint density at radius 1 is 1.11 bits per heavy atom. The summed E-state index contributed by atoms with van der Waals surface area (Å²) in [5.74, 6) is 0.965. The smallest absolute Gasteiger partial charge is 0.142 e. The Hall–Kier alpha value is -0.840. The molecule has 2 aromatic carbocycles. The molecule has 2 aromatic rings. The molecule has 0 unspecified atom stereocenters. The predicted molar refractivity (Wildman–Crippen MR) is 83.0 cm³/mol. The molecule has 4 heteroatoms. The third-order valence-corrected chi connectivity index (χ3v) is 4.17. The van der Waals surface area contributed by atoms with Crippen LogP contribution in [0.1, 0.15) is 11.1 Å². The maximum Gasteiger partial charge on any atom is 0.142 e. The molecule has 3 rings (SSSR count). The van der Waals surface area contributed by atoms with E-state index in [1.165, 1.54) is 11.1 Å². The van der Waals surface area contributed by atoms with Crippen LogP contribution < -0.4 is 4.74 Å². The molecule has 0 saturated heterocycles. The van der Waals surface area contributed by atoms with Crippen LogP contribution in [-0.2, 0) is 13.1 Å². The Bertz CT molecular complexity index is 586. The quantitative estimate of drug-likeness (QED) is 0.754. The normalized spacial score (nSPS) is 14.8. The number of nitrogens with zero attached hydrogens (tertiary/aromatic N) is 1. The van der Waals surface area contributed by atoms with E-state index in [1.807, 2.05) is 12.1 Å². The fraction of sp³-hybridized carbons (Fsp3) is 0.200. The topological polar surface area (TPSA) is 12.5 Å². The van der Waals surface area contributed by atoms with E-state index >= 15 is 0 Å². The largest absolute Gasteiger partial charge is 0.477 e. The summed E-state index contributed by atoms with van der Waals surface area (Å²) in [6, 6.07) is 14.6. The van der Waals surface area contributed by atoms with E-state index < -0.39 is 0 Å². The molecule has 0 atom stereocenters. The van der Waals surface area contributed by atoms with E-state index in [9.17, 15) is 0 Å². The first-order chi connectivity index (χ1) is 9.22. The number of fused-ring (bicyclic) bond motifs is 1. The van der Waals surface area contributed by atoms with E-state index in [0.29, 0.717) is 6.73 Å². The molecule has 0 amide bonds. The minimum atomic E-state index is 0.627. The van der Waals surface area contributed by atoms with Gasteiger partial charge >= 0.3 is 0 Å². The maximum atomic E-state index is 5.85. The molecule has 0 bridgehead atoms. The van der Waals surface area contributed by atoms with Crippen LogP contribution in [0, 0.1) is 0 Å². The molecule has 1 heterocycles. The second-order valence-electron chi connectivity index (χ2n) is 4.62. The number of benzene rings is 2. The summed E-state index contributed by atoms with van der Waals surface area (Å²) in [7, 11) is 0. The van der Waals surface area contributed by atoms with E-state index in [2.05, 4.69) is 67.1 Å². The molecule has 0 saturated carbocycles. The lowest BCUT2D eigenvalue weighted by Gasteiger charge is -2.29. The molecule has 0 aliphatic carbocycles. The van der Waals surface area contributed by atoms with Gasteiger partial charge < -0.3 is 4.74 Å². The van der Waals surface area contributed by atoms with Crippen molar-refractivity contribution in [1.82, 2.24) is 4.90 Å². The molecule has 0 N–H and O–H groups in total. The first-order valence-corrected chi connectivity index (χ1v) is 7.68. The fourth-order valence-electron chi connectivity index (χ4n) is 2.28. The fourth-order valence-corrected chi connectivity index (χ4v) is 3.71. The molecule has 0 aromatic heterocycles. The predicted octanol–water partition coefficient (Wildman–Crippen LogP) is 4.56. The summed E-state index contributed by atoms with van der Waals surface area (Å²) in [4.78, 5) is 2.29. The third kappa shape index (κ3) is 3.02. The van der Waals surface area contributed by atoms with Gasteiger partial charge in [0, 0.05) is 23.1 Å². The molecule has 2 nitrogen and oxygen atoms in total. The van der Waals surface area contributed by atoms with Crippen LogP contribution >= 0.6 is 31.9 Å². The van der Waals surface area contributed by atoms with Crippen molar-refractivity contribution >= 4 is 31.9 Å². The standard InChI is InChI=1S/C15H13Br2NO/c16-13-6-12-9-18(8-11-4-2-1-3-5-11)10-19-15(12)14(17)7-13/h1-7H,8-10H2. The van der Waals surface area contributed by atoms with Crippen LogP contribution in [0.25, 0.3) is 0 Å². The lowest BCUT2D eigenvalue weighted by Crippen LogP contribution is -2.31. The molecular weight excluding hydrogens is 370 g/mol. The average Bonchev–Trinajstić information content (AvgIpc) is 2.39. The van der Waals surface area contributed by atoms with Gasteiger partial charge in [-0.2, -0.15) is 0 Å². The molecule has 19 heavy (non-hydrogen) atoms. The molecule has 0 fully saturated rings. The van der Waals surface area contributed by atoms with Crippen molar-refractivity contribution in [3.05, 3.63) is 62.5 Å². The number of ether oxygens (including phenoxy) is 1. The zero-order valence-electron chi connectivity index (χ0n) is 10.3. The van der Waals surface area contributed by atoms with Crippen molar-refractivity contribution in [2.24, 2.45) is 0 Å². The van der Waals surface area contributed by atoms with Crippen molar-refractivity contribution in [2.75, 3.05) is 6.73 Å². The Morgan fingerprint density at radius 2 is 1.89 bits per heavy atom. The summed E-state index contributed by atoms with van der Waals surface area (Å²) >= 11 is 7.07. The summed E-state index contributed by atoms with van der Waals surface area (Å²) in [5, 5.41) is 0. The van der Waals surface area contributed by atoms with Gasteiger partial charge in [0.15, 0.2) is 0 Å². The SMILES string of the molecule is Brc1cc(Br)c2c(c1)CN(Cc1ccccc1)CO2. The highest BCUT2D eigenvalue weighted by Crippen LogP contribution is 2.36. The van der Waals surface area contributed by atoms with Gasteiger partial charge in [0.05, 0.1) is 4.47 Å². The molecular formula is C15H13Br2NO. The summed E-state index contributed by atoms with van der Waals surface area (Å²) in [6.07, 6.45) is 0. The van der Waals surface area contributed by atoms with E-state index in [1.54, 1.807) is 0 Å². The van der Waals surface area contributed by atoms with Crippen LogP contribution in [0.15, 0.2) is 51.4 Å². The highest BCUT2D eigenvalue weighted by atomic mass is 79.9. The van der Waals surface area contributed by atoms with Crippen molar-refractivity contribution in [2.45, 2.75) is 13.1 Å². The van der Waals surface area contributed by atoms with Crippen LogP contribution in [0.3, 0.4) is 0 Å². The van der Waals surface area contributed by atoms with Crippen molar-refractivity contribution in [3.63, 3.8) is 0 Å². The van der Waals surface area contributed by atoms with Crippen molar-refractivity contribution in [1.29, 1.82) is 0 Å². The second-order valence-corrected chi connectivity index (χ2v) is 6.39. The number of rotatable bonds is 2. The Labute approximate surface area is 129 Å². The minimum Gasteiger partial charge on any atom is -0.477 e. The summed E-state index contributed by atoms with van der Waals surface area (Å²) in [5.41, 5.74) is 2.52. The van der Waals surface area contributed by atoms with E-state index in [4.69, 9.17) is 4.74 Å². The molecule has 1 aliphatic rings. The molecule has 98 valence electrons. The average molecular weight is 383 g/mol. The maximum absolute atomic E-state index is 5.85. The van der Waals surface area contributed by atoms with Gasteiger partial charge in [-0.25, -0.2) is 0 Å².